The zero-order valence-corrected chi connectivity index (χ0v) is 14.6. The number of hydrogen-bond donors (Lipinski definition) is 1. The molecule has 0 aromatic heterocycles. The van der Waals surface area contributed by atoms with Crippen molar-refractivity contribution in [3.8, 4) is 0 Å². The van der Waals surface area contributed by atoms with Crippen molar-refractivity contribution in [1.29, 1.82) is 0 Å². The zero-order valence-electron chi connectivity index (χ0n) is 14.6. The van der Waals surface area contributed by atoms with E-state index >= 15 is 0 Å². The van der Waals surface area contributed by atoms with Crippen LogP contribution in [0.4, 0.5) is 0 Å². The summed E-state index contributed by atoms with van der Waals surface area (Å²) in [6, 6.07) is 0. The molecule has 1 aliphatic carbocycles. The van der Waals surface area contributed by atoms with Gasteiger partial charge < -0.3 is 5.11 Å². The Balaban J connectivity index is 2.88. The van der Waals surface area contributed by atoms with Gasteiger partial charge in [-0.15, -0.1) is 0 Å². The first-order chi connectivity index (χ1) is 10.6. The van der Waals surface area contributed by atoms with E-state index in [0.29, 0.717) is 17.8 Å². The molecule has 124 valence electrons. The van der Waals surface area contributed by atoms with Gasteiger partial charge in [0.15, 0.2) is 0 Å². The minimum Gasteiger partial charge on any atom is -0.478 e. The first-order valence-electron chi connectivity index (χ1n) is 7.82. The number of carbonyl (C=O) groups excluding carboxylic acids is 1. The van der Waals surface area contributed by atoms with Gasteiger partial charge in [0.1, 0.15) is 5.78 Å². The summed E-state index contributed by atoms with van der Waals surface area (Å²) in [5.41, 5.74) is 3.68. The van der Waals surface area contributed by atoms with Crippen LogP contribution in [-0.2, 0) is 9.59 Å². The molecular weight excluding hydrogens is 288 g/mol. The maximum absolute atomic E-state index is 12.1. The normalized spacial score (nSPS) is 20.0. The Kier molecular flexibility index (Phi) is 6.49. The van der Waals surface area contributed by atoms with Crippen molar-refractivity contribution in [1.82, 2.24) is 0 Å². The molecule has 0 aliphatic heterocycles. The number of Topliss-reactive ketones (excluding diaryl/α,β-unsaturated/α-hetero) is 1. The van der Waals surface area contributed by atoms with Crippen LogP contribution in [0.1, 0.15) is 47.5 Å². The summed E-state index contributed by atoms with van der Waals surface area (Å²) >= 11 is 0. The highest BCUT2D eigenvalue weighted by atomic mass is 16.4. The lowest BCUT2D eigenvalue weighted by Gasteiger charge is -2.31. The molecule has 3 nitrogen and oxygen atoms in total. The predicted molar refractivity (Wildman–Crippen MR) is 94.2 cm³/mol. The van der Waals surface area contributed by atoms with E-state index in [1.54, 1.807) is 13.0 Å². The number of allylic oxidation sites excluding steroid dienone is 9. The molecule has 3 heteroatoms. The third-order valence-electron chi connectivity index (χ3n) is 4.14. The summed E-state index contributed by atoms with van der Waals surface area (Å²) in [5.74, 6) is -0.655. The van der Waals surface area contributed by atoms with Crippen LogP contribution in [0.3, 0.4) is 0 Å². The Morgan fingerprint density at radius 1 is 1.13 bits per heavy atom. The summed E-state index contributed by atoms with van der Waals surface area (Å²) in [4.78, 5) is 22.6. The van der Waals surface area contributed by atoms with E-state index in [0.717, 1.165) is 17.6 Å². The Labute approximate surface area is 138 Å². The van der Waals surface area contributed by atoms with Crippen LogP contribution in [-0.4, -0.2) is 16.9 Å². The summed E-state index contributed by atoms with van der Waals surface area (Å²) < 4.78 is 0. The van der Waals surface area contributed by atoms with Gasteiger partial charge in [-0.2, -0.15) is 0 Å². The lowest BCUT2D eigenvalue weighted by molar-refractivity contribution is -0.131. The molecule has 0 fully saturated rings. The zero-order chi connectivity index (χ0) is 17.6. The second-order valence-electron chi connectivity index (χ2n) is 6.57. The van der Waals surface area contributed by atoms with E-state index in [-0.39, 0.29) is 0 Å². The highest BCUT2D eigenvalue weighted by molar-refractivity contribution is 5.89. The van der Waals surface area contributed by atoms with Gasteiger partial charge in [-0.1, -0.05) is 41.5 Å². The van der Waals surface area contributed by atoms with Gasteiger partial charge in [0.2, 0.25) is 0 Å². The molecule has 0 radical (unpaired) electrons. The Hall–Kier alpha value is -2.16. The summed E-state index contributed by atoms with van der Waals surface area (Å²) in [5, 5.41) is 8.65. The average molecular weight is 314 g/mol. The molecule has 1 N–H and O–H groups in total. The summed E-state index contributed by atoms with van der Waals surface area (Å²) in [6.45, 7) is 9.78. The molecule has 1 aliphatic rings. The van der Waals surface area contributed by atoms with Gasteiger partial charge in [0, 0.05) is 17.9 Å². The Morgan fingerprint density at radius 3 is 2.39 bits per heavy atom. The SMILES string of the molecule is CC1=C(/C=C/C(C)=C\C=C\C(C)=C\C(=O)O)C(C)(C)C(=O)CC1. The Bertz CT molecular complexity index is 638. The van der Waals surface area contributed by atoms with E-state index in [2.05, 4.69) is 6.92 Å². The molecule has 0 bridgehead atoms. The van der Waals surface area contributed by atoms with Crippen LogP contribution in [0, 0.1) is 5.41 Å². The molecule has 0 saturated carbocycles. The third kappa shape index (κ3) is 5.51. The maximum Gasteiger partial charge on any atom is 0.328 e. The van der Waals surface area contributed by atoms with Crippen LogP contribution in [0.25, 0.3) is 0 Å². The molecule has 0 heterocycles. The number of carboxylic acid groups (broad SMARTS) is 1. The first kappa shape index (κ1) is 18.9. The average Bonchev–Trinajstić information content (AvgIpc) is 2.42. The van der Waals surface area contributed by atoms with Crippen molar-refractivity contribution in [3.63, 3.8) is 0 Å². The summed E-state index contributed by atoms with van der Waals surface area (Å²) in [6.07, 6.45) is 12.2. The standard InChI is InChI=1S/C20H26O3/c1-14(7-6-8-15(2)13-19(22)23)9-11-17-16(3)10-12-18(21)20(17,4)5/h6-9,11,13H,10,12H2,1-5H3,(H,22,23)/b8-6+,11-9+,14-7-,15-13+. The second kappa shape index (κ2) is 7.91. The van der Waals surface area contributed by atoms with Crippen molar-refractivity contribution in [2.45, 2.75) is 47.5 Å². The van der Waals surface area contributed by atoms with Gasteiger partial charge >= 0.3 is 5.97 Å². The number of aliphatic carboxylic acids is 1. The fourth-order valence-electron chi connectivity index (χ4n) is 2.65. The highest BCUT2D eigenvalue weighted by Gasteiger charge is 2.34. The molecule has 23 heavy (non-hydrogen) atoms. The smallest absolute Gasteiger partial charge is 0.328 e. The number of hydrogen-bond acceptors (Lipinski definition) is 2. The molecule has 0 atom stereocenters. The minimum absolute atomic E-state index is 0.290. The van der Waals surface area contributed by atoms with E-state index in [1.165, 1.54) is 11.6 Å². The van der Waals surface area contributed by atoms with E-state index < -0.39 is 11.4 Å². The molecule has 0 aromatic carbocycles. The topological polar surface area (TPSA) is 54.4 Å². The largest absolute Gasteiger partial charge is 0.478 e. The van der Waals surface area contributed by atoms with E-state index in [1.807, 2.05) is 45.1 Å². The number of rotatable bonds is 5. The predicted octanol–water partition coefficient (Wildman–Crippen LogP) is 4.78. The van der Waals surface area contributed by atoms with Crippen molar-refractivity contribution >= 4 is 11.8 Å². The van der Waals surface area contributed by atoms with Gasteiger partial charge in [-0.05, 0) is 52.2 Å². The van der Waals surface area contributed by atoms with Gasteiger partial charge in [0.05, 0.1) is 0 Å². The third-order valence-corrected chi connectivity index (χ3v) is 4.14. The van der Waals surface area contributed by atoms with E-state index in [4.69, 9.17) is 5.11 Å². The summed E-state index contributed by atoms with van der Waals surface area (Å²) in [7, 11) is 0. The van der Waals surface area contributed by atoms with Gasteiger partial charge in [0.25, 0.3) is 0 Å². The van der Waals surface area contributed by atoms with Crippen LogP contribution < -0.4 is 0 Å². The number of carboxylic acids is 1. The molecule has 0 amide bonds. The van der Waals surface area contributed by atoms with Crippen LogP contribution in [0.2, 0.25) is 0 Å². The molecule has 0 unspecified atom stereocenters. The molecule has 0 aromatic rings. The fraction of sp³-hybridized carbons (Fsp3) is 0.400. The van der Waals surface area contributed by atoms with E-state index in [9.17, 15) is 9.59 Å². The van der Waals surface area contributed by atoms with Gasteiger partial charge in [-0.25, -0.2) is 4.79 Å². The quantitative estimate of drug-likeness (QED) is 0.587. The fourth-order valence-corrected chi connectivity index (χ4v) is 2.65. The molecule has 0 spiro atoms. The molecule has 1 rings (SSSR count). The minimum atomic E-state index is -0.945. The van der Waals surface area contributed by atoms with Crippen LogP contribution in [0.15, 0.2) is 58.7 Å². The monoisotopic (exact) mass is 314 g/mol. The van der Waals surface area contributed by atoms with Crippen molar-refractivity contribution < 1.29 is 14.7 Å². The molecular formula is C20H26O3. The van der Waals surface area contributed by atoms with Crippen molar-refractivity contribution in [3.05, 3.63) is 58.7 Å². The highest BCUT2D eigenvalue weighted by Crippen LogP contribution is 2.38. The lowest BCUT2D eigenvalue weighted by Crippen LogP contribution is -2.30. The van der Waals surface area contributed by atoms with Crippen LogP contribution in [0.5, 0.6) is 0 Å². The Morgan fingerprint density at radius 2 is 1.78 bits per heavy atom. The maximum atomic E-state index is 12.1. The van der Waals surface area contributed by atoms with Gasteiger partial charge in [-0.3, -0.25) is 4.79 Å². The van der Waals surface area contributed by atoms with Crippen LogP contribution >= 0.6 is 0 Å². The van der Waals surface area contributed by atoms with Crippen molar-refractivity contribution in [2.75, 3.05) is 0 Å². The lowest BCUT2D eigenvalue weighted by atomic mass is 9.71. The molecule has 0 saturated heterocycles. The van der Waals surface area contributed by atoms with Crippen molar-refractivity contribution in [2.24, 2.45) is 5.41 Å². The number of carbonyl (C=O) groups is 2. The first-order valence-corrected chi connectivity index (χ1v) is 7.82. The number of ketones is 1. The second-order valence-corrected chi connectivity index (χ2v) is 6.57.